The molecule has 2 rings (SSSR count). The van der Waals surface area contributed by atoms with Gasteiger partial charge in [-0.2, -0.15) is 0 Å². The Kier molecular flexibility index (Phi) is 6.82. The lowest BCUT2D eigenvalue weighted by molar-refractivity contribution is -0.142. The number of allylic oxidation sites excluding steroid dienone is 2. The third kappa shape index (κ3) is 4.35. The number of hydrogen-bond donors (Lipinski definition) is 2. The fourth-order valence-corrected chi connectivity index (χ4v) is 3.50. The Labute approximate surface area is 165 Å². The fraction of sp³-hybridized carbons (Fsp3) is 0.476. The predicted octanol–water partition coefficient (Wildman–Crippen LogP) is 3.16. The zero-order valence-corrected chi connectivity index (χ0v) is 16.9. The van der Waals surface area contributed by atoms with Crippen LogP contribution in [0.2, 0.25) is 0 Å². The summed E-state index contributed by atoms with van der Waals surface area (Å²) in [5.74, 6) is -1.63. The Morgan fingerprint density at radius 2 is 1.93 bits per heavy atom. The molecular formula is C21H29F2N3O2. The molecule has 1 aliphatic carbocycles. The number of halogens is 2. The second-order valence-electron chi connectivity index (χ2n) is 7.61. The first-order chi connectivity index (χ1) is 13.1. The van der Waals surface area contributed by atoms with Crippen LogP contribution >= 0.6 is 0 Å². The largest absolute Gasteiger partial charge is 0.399 e. The van der Waals surface area contributed by atoms with E-state index in [2.05, 4.69) is 0 Å². The normalized spacial score (nSPS) is 20.6. The van der Waals surface area contributed by atoms with E-state index in [4.69, 9.17) is 16.2 Å². The van der Waals surface area contributed by atoms with Gasteiger partial charge in [0.2, 0.25) is 5.91 Å². The second kappa shape index (κ2) is 8.73. The SMILES string of the molecule is CC(C)[C@]1(OCC(=O)N(C)C)CCCC(/C=C(\N)c2c(F)cccc2F)=C1N. The summed E-state index contributed by atoms with van der Waals surface area (Å²) in [6.45, 7) is 3.85. The maximum atomic E-state index is 14.0. The highest BCUT2D eigenvalue weighted by Crippen LogP contribution is 2.40. The van der Waals surface area contributed by atoms with E-state index >= 15 is 0 Å². The van der Waals surface area contributed by atoms with Crippen LogP contribution in [0.15, 0.2) is 35.5 Å². The average Bonchev–Trinajstić information content (AvgIpc) is 2.61. The van der Waals surface area contributed by atoms with E-state index in [1.165, 1.54) is 17.0 Å². The first-order valence-electron chi connectivity index (χ1n) is 9.35. The number of nitrogens with two attached hydrogens (primary N) is 2. The standard InChI is InChI=1S/C21H29F2N3O2/c1-13(2)21(28-12-18(27)26(3)4)10-6-7-14(20(21)25)11-17(24)19-15(22)8-5-9-16(19)23/h5,8-9,11,13H,6-7,10,12,24-25H2,1-4H3/b17-11-/t21-/m1/s1. The van der Waals surface area contributed by atoms with Crippen LogP contribution in [0, 0.1) is 17.6 Å². The first kappa shape index (κ1) is 21.9. The van der Waals surface area contributed by atoms with E-state index in [9.17, 15) is 13.6 Å². The van der Waals surface area contributed by atoms with Gasteiger partial charge in [-0.15, -0.1) is 0 Å². The van der Waals surface area contributed by atoms with Crippen LogP contribution < -0.4 is 11.5 Å². The molecule has 1 aromatic carbocycles. The van der Waals surface area contributed by atoms with Crippen molar-refractivity contribution in [2.45, 2.75) is 38.7 Å². The average molecular weight is 393 g/mol. The van der Waals surface area contributed by atoms with Crippen molar-refractivity contribution in [3.8, 4) is 0 Å². The summed E-state index contributed by atoms with van der Waals surface area (Å²) in [6.07, 6.45) is 3.54. The molecule has 0 fully saturated rings. The molecule has 1 aromatic rings. The van der Waals surface area contributed by atoms with Gasteiger partial charge in [0, 0.05) is 25.5 Å². The van der Waals surface area contributed by atoms with Gasteiger partial charge in [-0.25, -0.2) is 8.78 Å². The van der Waals surface area contributed by atoms with E-state index in [0.29, 0.717) is 24.1 Å². The first-order valence-corrected chi connectivity index (χ1v) is 9.35. The van der Waals surface area contributed by atoms with Gasteiger partial charge in [0.05, 0.1) is 5.56 Å². The van der Waals surface area contributed by atoms with Crippen molar-refractivity contribution < 1.29 is 18.3 Å². The highest BCUT2D eigenvalue weighted by Gasteiger charge is 2.41. The Hall–Kier alpha value is -2.41. The molecule has 0 radical (unpaired) electrons. The fourth-order valence-electron chi connectivity index (χ4n) is 3.50. The Bertz CT molecular complexity index is 783. The predicted molar refractivity (Wildman–Crippen MR) is 106 cm³/mol. The van der Waals surface area contributed by atoms with Crippen LogP contribution in [0.3, 0.4) is 0 Å². The summed E-state index contributed by atoms with van der Waals surface area (Å²) in [6, 6.07) is 3.60. The molecule has 0 spiro atoms. The van der Waals surface area contributed by atoms with Crippen LogP contribution in [-0.2, 0) is 9.53 Å². The van der Waals surface area contributed by atoms with Gasteiger partial charge < -0.3 is 21.1 Å². The van der Waals surface area contributed by atoms with Crippen LogP contribution in [0.5, 0.6) is 0 Å². The molecule has 0 bridgehead atoms. The molecule has 0 saturated heterocycles. The van der Waals surface area contributed by atoms with E-state index in [1.807, 2.05) is 13.8 Å². The highest BCUT2D eigenvalue weighted by molar-refractivity contribution is 5.76. The Morgan fingerprint density at radius 3 is 2.46 bits per heavy atom. The smallest absolute Gasteiger partial charge is 0.248 e. The zero-order chi connectivity index (χ0) is 21.1. The van der Waals surface area contributed by atoms with Gasteiger partial charge in [-0.3, -0.25) is 4.79 Å². The number of likely N-dealkylation sites (N-methyl/N-ethyl adjacent to an activating group) is 1. The second-order valence-corrected chi connectivity index (χ2v) is 7.61. The van der Waals surface area contributed by atoms with Crippen molar-refractivity contribution >= 4 is 11.6 Å². The van der Waals surface area contributed by atoms with Gasteiger partial charge >= 0.3 is 0 Å². The Balaban J connectivity index is 2.43. The van der Waals surface area contributed by atoms with Crippen molar-refractivity contribution in [3.05, 3.63) is 52.7 Å². The molecule has 0 aliphatic heterocycles. The lowest BCUT2D eigenvalue weighted by Gasteiger charge is -2.42. The number of carbonyl (C=O) groups is 1. The molecule has 1 aliphatic rings. The quantitative estimate of drug-likeness (QED) is 0.778. The summed E-state index contributed by atoms with van der Waals surface area (Å²) in [4.78, 5) is 13.5. The lowest BCUT2D eigenvalue weighted by atomic mass is 9.75. The molecule has 1 atom stereocenters. The summed E-state index contributed by atoms with van der Waals surface area (Å²) < 4.78 is 34.1. The third-order valence-electron chi connectivity index (χ3n) is 5.26. The molecule has 4 N–H and O–H groups in total. The van der Waals surface area contributed by atoms with Crippen LogP contribution in [0.1, 0.15) is 38.7 Å². The molecule has 0 unspecified atom stereocenters. The van der Waals surface area contributed by atoms with Crippen molar-refractivity contribution in [3.63, 3.8) is 0 Å². The lowest BCUT2D eigenvalue weighted by Crippen LogP contribution is -2.48. The van der Waals surface area contributed by atoms with Gasteiger partial charge in [-0.05, 0) is 49.0 Å². The van der Waals surface area contributed by atoms with Crippen LogP contribution in [-0.4, -0.2) is 37.1 Å². The molecule has 0 heterocycles. The number of carbonyl (C=O) groups excluding carboxylic acids is 1. The molecule has 0 saturated carbocycles. The molecule has 1 amide bonds. The van der Waals surface area contributed by atoms with E-state index in [0.717, 1.165) is 18.6 Å². The van der Waals surface area contributed by atoms with E-state index < -0.39 is 17.2 Å². The third-order valence-corrected chi connectivity index (χ3v) is 5.26. The van der Waals surface area contributed by atoms with Crippen molar-refractivity contribution in [1.82, 2.24) is 4.90 Å². The molecule has 7 heteroatoms. The molecule has 28 heavy (non-hydrogen) atoms. The summed E-state index contributed by atoms with van der Waals surface area (Å²) >= 11 is 0. The van der Waals surface area contributed by atoms with E-state index in [-0.39, 0.29) is 29.7 Å². The minimum Gasteiger partial charge on any atom is -0.399 e. The van der Waals surface area contributed by atoms with Crippen LogP contribution in [0.4, 0.5) is 8.78 Å². The molecular weight excluding hydrogens is 364 g/mol. The van der Waals surface area contributed by atoms with Crippen LogP contribution in [0.25, 0.3) is 5.70 Å². The molecule has 154 valence electrons. The minimum absolute atomic E-state index is 0.00224. The highest BCUT2D eigenvalue weighted by atomic mass is 19.1. The minimum atomic E-state index is -0.830. The van der Waals surface area contributed by atoms with E-state index in [1.54, 1.807) is 14.1 Å². The van der Waals surface area contributed by atoms with Crippen molar-refractivity contribution in [1.29, 1.82) is 0 Å². The number of ether oxygens (including phenoxy) is 1. The van der Waals surface area contributed by atoms with Gasteiger partial charge in [0.15, 0.2) is 0 Å². The number of benzene rings is 1. The Morgan fingerprint density at radius 1 is 1.32 bits per heavy atom. The number of nitrogens with zero attached hydrogens (tertiary/aromatic N) is 1. The summed E-state index contributed by atoms with van der Waals surface area (Å²) in [5, 5.41) is 0. The monoisotopic (exact) mass is 393 g/mol. The maximum absolute atomic E-state index is 14.0. The zero-order valence-electron chi connectivity index (χ0n) is 16.9. The van der Waals surface area contributed by atoms with Gasteiger partial charge in [-0.1, -0.05) is 19.9 Å². The van der Waals surface area contributed by atoms with Gasteiger partial charge in [0.25, 0.3) is 0 Å². The molecule has 0 aromatic heterocycles. The summed E-state index contributed by atoms with van der Waals surface area (Å²) in [5.41, 5.74) is 12.5. The van der Waals surface area contributed by atoms with Gasteiger partial charge in [0.1, 0.15) is 23.8 Å². The number of amides is 1. The molecule has 5 nitrogen and oxygen atoms in total. The van der Waals surface area contributed by atoms with Crippen molar-refractivity contribution in [2.75, 3.05) is 20.7 Å². The number of rotatable bonds is 6. The number of hydrogen-bond acceptors (Lipinski definition) is 4. The van der Waals surface area contributed by atoms with Crippen molar-refractivity contribution in [2.24, 2.45) is 17.4 Å². The maximum Gasteiger partial charge on any atom is 0.248 e. The topological polar surface area (TPSA) is 81.6 Å². The summed E-state index contributed by atoms with van der Waals surface area (Å²) in [7, 11) is 3.32.